The minimum Gasteiger partial charge on any atom is -0.352 e. The van der Waals surface area contributed by atoms with Gasteiger partial charge in [-0.1, -0.05) is 29.8 Å². The van der Waals surface area contributed by atoms with Crippen molar-refractivity contribution in [3.63, 3.8) is 0 Å². The second kappa shape index (κ2) is 8.64. The Bertz CT molecular complexity index is 1040. The van der Waals surface area contributed by atoms with Gasteiger partial charge in [0.2, 0.25) is 5.91 Å². The lowest BCUT2D eigenvalue weighted by Gasteiger charge is -2.41. The van der Waals surface area contributed by atoms with Crippen LogP contribution in [0.15, 0.2) is 42.6 Å². The number of nitrogens with zero attached hydrogens (tertiary/aromatic N) is 2. The molecule has 3 fully saturated rings. The summed E-state index contributed by atoms with van der Waals surface area (Å²) < 4.78 is 0. The minimum atomic E-state index is -0.701. The molecule has 0 radical (unpaired) electrons. The largest absolute Gasteiger partial charge is 0.352 e. The Labute approximate surface area is 200 Å². The lowest BCUT2D eigenvalue weighted by atomic mass is 9.83. The number of halogens is 1. The molecular weight excluding hydrogens is 436 g/mol. The van der Waals surface area contributed by atoms with Crippen molar-refractivity contribution in [3.05, 3.63) is 58.7 Å². The molecule has 3 aliphatic rings. The van der Waals surface area contributed by atoms with E-state index in [1.165, 1.54) is 0 Å². The zero-order valence-electron chi connectivity index (χ0n) is 19.2. The molecule has 1 saturated carbocycles. The van der Waals surface area contributed by atoms with Crippen molar-refractivity contribution in [3.8, 4) is 0 Å². The highest BCUT2D eigenvalue weighted by Gasteiger charge is 2.43. The average molecular weight is 467 g/mol. The maximum absolute atomic E-state index is 13.2. The number of anilines is 1. The molecule has 1 aromatic heterocycles. The van der Waals surface area contributed by atoms with Crippen LogP contribution in [0.2, 0.25) is 5.02 Å². The average Bonchev–Trinajstić information content (AvgIpc) is 3.57. The molecule has 1 aromatic carbocycles. The van der Waals surface area contributed by atoms with Crippen molar-refractivity contribution in [1.29, 1.82) is 0 Å². The fourth-order valence-corrected chi connectivity index (χ4v) is 5.67. The Hall–Kier alpha value is -2.60. The molecule has 2 bridgehead atoms. The van der Waals surface area contributed by atoms with Gasteiger partial charge >= 0.3 is 0 Å². The van der Waals surface area contributed by atoms with E-state index in [4.69, 9.17) is 11.6 Å². The summed E-state index contributed by atoms with van der Waals surface area (Å²) in [7, 11) is 0. The minimum absolute atomic E-state index is 0.0117. The number of rotatable bonds is 6. The number of carbonyl (C=O) groups is 2. The van der Waals surface area contributed by atoms with Gasteiger partial charge in [0.1, 0.15) is 5.82 Å². The second-order valence-corrected chi connectivity index (χ2v) is 10.6. The first kappa shape index (κ1) is 22.2. The summed E-state index contributed by atoms with van der Waals surface area (Å²) >= 11 is 6.38. The van der Waals surface area contributed by atoms with Crippen LogP contribution in [0.5, 0.6) is 0 Å². The van der Waals surface area contributed by atoms with Gasteiger partial charge in [-0.25, -0.2) is 4.98 Å². The van der Waals surface area contributed by atoms with Gasteiger partial charge in [0.15, 0.2) is 0 Å². The summed E-state index contributed by atoms with van der Waals surface area (Å²) in [6, 6.07) is 12.6. The number of amides is 2. The maximum Gasteiger partial charge on any atom is 0.253 e. The van der Waals surface area contributed by atoms with Crippen molar-refractivity contribution < 1.29 is 9.59 Å². The van der Waals surface area contributed by atoms with Crippen LogP contribution in [0.25, 0.3) is 0 Å². The predicted octanol–water partition coefficient (Wildman–Crippen LogP) is 4.22. The Morgan fingerprint density at radius 3 is 2.27 bits per heavy atom. The first-order valence-corrected chi connectivity index (χ1v) is 12.3. The number of nitrogens with one attached hydrogen (secondary N) is 2. The molecule has 6 nitrogen and oxygen atoms in total. The van der Waals surface area contributed by atoms with E-state index in [0.29, 0.717) is 28.7 Å². The van der Waals surface area contributed by atoms with Gasteiger partial charge in [0.05, 0.1) is 11.0 Å². The van der Waals surface area contributed by atoms with E-state index in [-0.39, 0.29) is 17.9 Å². The van der Waals surface area contributed by atoms with Gasteiger partial charge in [-0.3, -0.25) is 9.59 Å². The zero-order chi connectivity index (χ0) is 23.2. The van der Waals surface area contributed by atoms with E-state index in [9.17, 15) is 9.59 Å². The highest BCUT2D eigenvalue weighted by Crippen LogP contribution is 2.39. The standard InChI is InChI=1S/C26H31ClN4O2/c1-26(2,21-5-3-4-6-22(21)27)25(33)30-18-13-19-10-11-20(14-18)31(19)23-12-7-16(15-28-23)24(32)29-17-8-9-17/h3-7,12,15,17-20H,8-11,13-14H2,1-2H3,(H,29,32)(H,30,33)/t18-,19+,20-. The van der Waals surface area contributed by atoms with E-state index in [1.807, 2.05) is 50.2 Å². The maximum atomic E-state index is 13.2. The van der Waals surface area contributed by atoms with Crippen LogP contribution in [0.4, 0.5) is 5.82 Å². The third kappa shape index (κ3) is 4.45. The molecule has 2 saturated heterocycles. The number of fused-ring (bicyclic) bond motifs is 2. The molecule has 2 aliphatic heterocycles. The fraction of sp³-hybridized carbons (Fsp3) is 0.500. The van der Waals surface area contributed by atoms with Crippen molar-refractivity contribution in [2.24, 2.45) is 0 Å². The highest BCUT2D eigenvalue weighted by atomic mass is 35.5. The lowest BCUT2D eigenvalue weighted by molar-refractivity contribution is -0.126. The quantitative estimate of drug-likeness (QED) is 0.668. The predicted molar refractivity (Wildman–Crippen MR) is 130 cm³/mol. The summed E-state index contributed by atoms with van der Waals surface area (Å²) in [6.45, 7) is 3.86. The van der Waals surface area contributed by atoms with Crippen LogP contribution in [0.1, 0.15) is 68.3 Å². The number of piperidine rings is 1. The van der Waals surface area contributed by atoms with Crippen molar-refractivity contribution in [2.75, 3.05) is 4.90 Å². The van der Waals surface area contributed by atoms with E-state index in [0.717, 1.165) is 49.9 Å². The summed E-state index contributed by atoms with van der Waals surface area (Å²) in [5, 5.41) is 6.94. The fourth-order valence-electron chi connectivity index (χ4n) is 5.29. The Morgan fingerprint density at radius 2 is 1.67 bits per heavy atom. The molecule has 3 atom stereocenters. The van der Waals surface area contributed by atoms with Crippen LogP contribution in [-0.2, 0) is 10.2 Å². The number of hydrogen-bond acceptors (Lipinski definition) is 4. The van der Waals surface area contributed by atoms with Crippen LogP contribution in [-0.4, -0.2) is 41.0 Å². The van der Waals surface area contributed by atoms with E-state index in [1.54, 1.807) is 6.20 Å². The second-order valence-electron chi connectivity index (χ2n) is 10.2. The molecule has 7 heteroatoms. The highest BCUT2D eigenvalue weighted by molar-refractivity contribution is 6.31. The summed E-state index contributed by atoms with van der Waals surface area (Å²) in [5.74, 6) is 0.895. The molecular formula is C26H31ClN4O2. The molecule has 0 unspecified atom stereocenters. The molecule has 5 rings (SSSR count). The van der Waals surface area contributed by atoms with Crippen molar-refractivity contribution in [2.45, 2.75) is 82.0 Å². The van der Waals surface area contributed by atoms with Gasteiger partial charge < -0.3 is 15.5 Å². The van der Waals surface area contributed by atoms with E-state index >= 15 is 0 Å². The SMILES string of the molecule is CC(C)(C(=O)N[C@H]1C[C@H]2CC[C@@H](C1)N2c1ccc(C(=O)NC2CC2)cn1)c1ccccc1Cl. The molecule has 33 heavy (non-hydrogen) atoms. The Balaban J connectivity index is 1.23. The molecule has 2 aromatic rings. The third-order valence-electron chi connectivity index (χ3n) is 7.37. The smallest absolute Gasteiger partial charge is 0.253 e. The number of carbonyl (C=O) groups excluding carboxylic acids is 2. The molecule has 1 aliphatic carbocycles. The van der Waals surface area contributed by atoms with Crippen LogP contribution < -0.4 is 15.5 Å². The van der Waals surface area contributed by atoms with Crippen molar-refractivity contribution >= 4 is 29.2 Å². The number of aromatic nitrogens is 1. The van der Waals surface area contributed by atoms with Gasteiger partial charge in [-0.15, -0.1) is 0 Å². The van der Waals surface area contributed by atoms with Gasteiger partial charge in [0.25, 0.3) is 5.91 Å². The van der Waals surface area contributed by atoms with Crippen molar-refractivity contribution in [1.82, 2.24) is 15.6 Å². The third-order valence-corrected chi connectivity index (χ3v) is 7.70. The molecule has 2 amide bonds. The molecule has 0 spiro atoms. The Morgan fingerprint density at radius 1 is 0.970 bits per heavy atom. The molecule has 174 valence electrons. The molecule has 2 N–H and O–H groups in total. The van der Waals surface area contributed by atoms with Gasteiger partial charge in [-0.05, 0) is 76.1 Å². The van der Waals surface area contributed by atoms with Crippen LogP contribution in [0.3, 0.4) is 0 Å². The monoisotopic (exact) mass is 466 g/mol. The Kier molecular flexibility index (Phi) is 5.81. The van der Waals surface area contributed by atoms with Gasteiger partial charge in [0, 0.05) is 35.4 Å². The summed E-state index contributed by atoms with van der Waals surface area (Å²) in [5.41, 5.74) is 0.758. The van der Waals surface area contributed by atoms with E-state index < -0.39 is 5.41 Å². The lowest BCUT2D eigenvalue weighted by Crippen LogP contribution is -2.53. The number of benzene rings is 1. The summed E-state index contributed by atoms with van der Waals surface area (Å²) in [6.07, 6.45) is 7.81. The first-order valence-electron chi connectivity index (χ1n) is 11.9. The molecule has 3 heterocycles. The van der Waals surface area contributed by atoms with Crippen LogP contribution >= 0.6 is 11.6 Å². The summed E-state index contributed by atoms with van der Waals surface area (Å²) in [4.78, 5) is 32.5. The first-order chi connectivity index (χ1) is 15.8. The topological polar surface area (TPSA) is 74.3 Å². The number of pyridine rings is 1. The normalized spacial score (nSPS) is 24.5. The van der Waals surface area contributed by atoms with Gasteiger partial charge in [-0.2, -0.15) is 0 Å². The van der Waals surface area contributed by atoms with Crippen LogP contribution in [0, 0.1) is 0 Å². The number of hydrogen-bond donors (Lipinski definition) is 2. The van der Waals surface area contributed by atoms with E-state index in [2.05, 4.69) is 20.5 Å². The zero-order valence-corrected chi connectivity index (χ0v) is 19.9.